The highest BCUT2D eigenvalue weighted by Gasteiger charge is 2.17. The number of anilines is 2. The van der Waals surface area contributed by atoms with Crippen LogP contribution in [0, 0.1) is 0 Å². The van der Waals surface area contributed by atoms with Crippen molar-refractivity contribution in [3.63, 3.8) is 0 Å². The Labute approximate surface area is 170 Å². The van der Waals surface area contributed by atoms with Crippen molar-refractivity contribution in [1.29, 1.82) is 0 Å². The molecule has 2 rings (SSSR count). The Kier molecular flexibility index (Phi) is 6.93. The second-order valence-corrected chi connectivity index (χ2v) is 10.2. The van der Waals surface area contributed by atoms with Gasteiger partial charge in [0, 0.05) is 10.8 Å². The molecule has 0 aliphatic carbocycles. The summed E-state index contributed by atoms with van der Waals surface area (Å²) in [5, 5.41) is 0.611. The van der Waals surface area contributed by atoms with E-state index in [4.69, 9.17) is 20.9 Å². The monoisotopic (exact) mass is 438 g/mol. The number of hydrogen-bond donors (Lipinski definition) is 2. The Hall–Kier alpha value is -2.98. The third-order valence-electron chi connectivity index (χ3n) is 3.77. The number of benzene rings is 2. The fraction of sp³-hybridized carbons (Fsp3) is 0.158. The molecule has 4 N–H and O–H groups in total. The van der Waals surface area contributed by atoms with Gasteiger partial charge in [-0.05, 0) is 47.5 Å². The van der Waals surface area contributed by atoms with Gasteiger partial charge in [-0.15, -0.1) is 0 Å². The van der Waals surface area contributed by atoms with Crippen LogP contribution in [-0.4, -0.2) is 36.1 Å². The molecule has 0 aliphatic rings. The lowest BCUT2D eigenvalue weighted by Gasteiger charge is -2.05. The molecule has 0 spiro atoms. The minimum Gasteiger partial charge on any atom is -0.495 e. The van der Waals surface area contributed by atoms with Gasteiger partial charge in [0.15, 0.2) is 24.8 Å². The normalized spacial score (nSPS) is 12.5. The van der Waals surface area contributed by atoms with E-state index in [1.165, 1.54) is 38.5 Å². The minimum absolute atomic E-state index is 0.335. The maximum atomic E-state index is 12.2. The van der Waals surface area contributed by atoms with E-state index in [1.807, 2.05) is 0 Å². The molecule has 0 saturated heterocycles. The van der Waals surface area contributed by atoms with Gasteiger partial charge in [-0.1, -0.05) is 12.1 Å². The van der Waals surface area contributed by atoms with Crippen LogP contribution in [0.2, 0.25) is 0 Å². The van der Waals surface area contributed by atoms with Crippen molar-refractivity contribution < 1.29 is 26.3 Å². The van der Waals surface area contributed by atoms with Crippen LogP contribution in [0.5, 0.6) is 11.5 Å². The molecule has 0 aliphatic heterocycles. The Morgan fingerprint density at radius 1 is 0.759 bits per heavy atom. The van der Waals surface area contributed by atoms with Gasteiger partial charge < -0.3 is 20.9 Å². The van der Waals surface area contributed by atoms with Crippen LogP contribution in [0.1, 0.15) is 11.1 Å². The molecule has 0 unspecified atom stereocenters. The highest BCUT2D eigenvalue weighted by Crippen LogP contribution is 2.24. The molecule has 10 heteroatoms. The molecule has 0 atom stereocenters. The van der Waals surface area contributed by atoms with E-state index >= 15 is 0 Å². The molecule has 0 heterocycles. The second-order valence-electron chi connectivity index (χ2n) is 6.05. The van der Waals surface area contributed by atoms with Crippen LogP contribution in [0.15, 0.2) is 47.2 Å². The highest BCUT2D eigenvalue weighted by molar-refractivity contribution is 8.10. The standard InChI is InChI=1S/C19H22N2O6S2/c1-26-18-5-3-14(11-16(18)20)7-9-28(22,23)13-29(24,25)10-8-15-4-6-19(27-2)17(21)12-15/h3-12H,13,20-21H2,1-2H3/b9-7-,10-8?. The molecule has 2 aromatic rings. The summed E-state index contributed by atoms with van der Waals surface area (Å²) in [6.45, 7) is 0. The molecule has 0 fully saturated rings. The summed E-state index contributed by atoms with van der Waals surface area (Å²) >= 11 is 0. The summed E-state index contributed by atoms with van der Waals surface area (Å²) in [5.74, 6) is 0.911. The Morgan fingerprint density at radius 3 is 1.45 bits per heavy atom. The van der Waals surface area contributed by atoms with E-state index in [-0.39, 0.29) is 0 Å². The van der Waals surface area contributed by atoms with Crippen molar-refractivity contribution in [1.82, 2.24) is 0 Å². The van der Waals surface area contributed by atoms with Crippen molar-refractivity contribution in [2.75, 3.05) is 30.8 Å². The topological polar surface area (TPSA) is 139 Å². The first kappa shape index (κ1) is 22.3. The molecule has 0 radical (unpaired) electrons. The smallest absolute Gasteiger partial charge is 0.186 e. The number of nitrogen functional groups attached to an aromatic ring is 2. The number of hydrogen-bond acceptors (Lipinski definition) is 8. The van der Waals surface area contributed by atoms with Crippen LogP contribution in [0.3, 0.4) is 0 Å². The number of nitrogens with two attached hydrogens (primary N) is 2. The third-order valence-corrected chi connectivity index (χ3v) is 7.50. The molecule has 0 amide bonds. The summed E-state index contributed by atoms with van der Waals surface area (Å²) in [6.07, 6.45) is 2.54. The van der Waals surface area contributed by atoms with E-state index in [0.29, 0.717) is 34.0 Å². The van der Waals surface area contributed by atoms with Crippen molar-refractivity contribution in [2.45, 2.75) is 0 Å². The Balaban J connectivity index is 2.13. The average Bonchev–Trinajstić information content (AvgIpc) is 2.64. The fourth-order valence-corrected chi connectivity index (χ4v) is 5.57. The van der Waals surface area contributed by atoms with Crippen molar-refractivity contribution in [2.24, 2.45) is 0 Å². The first-order valence-electron chi connectivity index (χ1n) is 8.24. The van der Waals surface area contributed by atoms with Gasteiger partial charge in [-0.2, -0.15) is 0 Å². The third kappa shape index (κ3) is 6.54. The Bertz CT molecular complexity index is 1060. The largest absolute Gasteiger partial charge is 0.495 e. The number of ether oxygens (including phenoxy) is 2. The van der Waals surface area contributed by atoms with E-state index in [9.17, 15) is 16.8 Å². The molecule has 0 aromatic heterocycles. The van der Waals surface area contributed by atoms with Crippen LogP contribution < -0.4 is 20.9 Å². The van der Waals surface area contributed by atoms with Gasteiger partial charge in [0.1, 0.15) is 11.5 Å². The number of sulfone groups is 2. The van der Waals surface area contributed by atoms with Gasteiger partial charge in [-0.25, -0.2) is 16.8 Å². The SMILES string of the molecule is COc1ccc(C=CS(=O)(=O)CS(=O)(=O)/C=C\c2ccc(OC)c(N)c2)cc1N. The van der Waals surface area contributed by atoms with Gasteiger partial charge >= 0.3 is 0 Å². The molecule has 0 bridgehead atoms. The predicted molar refractivity (Wildman–Crippen MR) is 116 cm³/mol. The zero-order valence-electron chi connectivity index (χ0n) is 15.9. The second kappa shape index (κ2) is 9.01. The highest BCUT2D eigenvalue weighted by atomic mass is 32.3. The van der Waals surface area contributed by atoms with E-state index < -0.39 is 24.8 Å². The predicted octanol–water partition coefficient (Wildman–Crippen LogP) is 2.30. The average molecular weight is 439 g/mol. The van der Waals surface area contributed by atoms with Crippen LogP contribution >= 0.6 is 0 Å². The molecule has 2 aromatic carbocycles. The minimum atomic E-state index is -4.03. The summed E-state index contributed by atoms with van der Waals surface area (Å²) in [6, 6.07) is 9.41. The van der Waals surface area contributed by atoms with Gasteiger partial charge in [0.2, 0.25) is 0 Å². The lowest BCUT2D eigenvalue weighted by molar-refractivity contribution is 0.417. The van der Waals surface area contributed by atoms with Crippen LogP contribution in [-0.2, 0) is 19.7 Å². The van der Waals surface area contributed by atoms with Crippen molar-refractivity contribution >= 4 is 43.2 Å². The van der Waals surface area contributed by atoms with Crippen LogP contribution in [0.4, 0.5) is 11.4 Å². The van der Waals surface area contributed by atoms with Gasteiger partial charge in [-0.3, -0.25) is 0 Å². The summed E-state index contributed by atoms with van der Waals surface area (Å²) in [7, 11) is -5.13. The quantitative estimate of drug-likeness (QED) is 0.599. The lowest BCUT2D eigenvalue weighted by atomic mass is 10.2. The van der Waals surface area contributed by atoms with Gasteiger partial charge in [0.25, 0.3) is 0 Å². The number of rotatable bonds is 8. The molecular formula is C19H22N2O6S2. The zero-order chi connectivity index (χ0) is 21.7. The van der Waals surface area contributed by atoms with E-state index in [1.54, 1.807) is 24.3 Å². The maximum absolute atomic E-state index is 12.2. The van der Waals surface area contributed by atoms with E-state index in [2.05, 4.69) is 0 Å². The summed E-state index contributed by atoms with van der Waals surface area (Å²) < 4.78 is 58.8. The summed E-state index contributed by atoms with van der Waals surface area (Å²) in [5.41, 5.74) is 13.2. The van der Waals surface area contributed by atoms with Gasteiger partial charge in [0.05, 0.1) is 25.6 Å². The zero-order valence-corrected chi connectivity index (χ0v) is 17.5. The van der Waals surface area contributed by atoms with Crippen molar-refractivity contribution in [3.05, 3.63) is 58.3 Å². The van der Waals surface area contributed by atoms with Crippen molar-refractivity contribution in [3.8, 4) is 11.5 Å². The van der Waals surface area contributed by atoms with E-state index in [0.717, 1.165) is 10.8 Å². The summed E-state index contributed by atoms with van der Waals surface area (Å²) in [4.78, 5) is 0. The molecule has 0 saturated carbocycles. The van der Waals surface area contributed by atoms with Crippen LogP contribution in [0.25, 0.3) is 12.2 Å². The molecule has 156 valence electrons. The maximum Gasteiger partial charge on any atom is 0.186 e. The fourth-order valence-electron chi connectivity index (χ4n) is 2.38. The first-order chi connectivity index (χ1) is 13.5. The first-order valence-corrected chi connectivity index (χ1v) is 11.7. The Morgan fingerprint density at radius 2 is 1.14 bits per heavy atom. The molecule has 8 nitrogen and oxygen atoms in total. The molecular weight excluding hydrogens is 416 g/mol. The lowest BCUT2D eigenvalue weighted by Crippen LogP contribution is -2.11. The molecule has 29 heavy (non-hydrogen) atoms. The number of methoxy groups -OCH3 is 2.